The summed E-state index contributed by atoms with van der Waals surface area (Å²) in [6, 6.07) is 9.10. The summed E-state index contributed by atoms with van der Waals surface area (Å²) in [5.41, 5.74) is 5.42. The third kappa shape index (κ3) is 2.63. The molecule has 3 heterocycles. The number of aryl methyl sites for hydroxylation is 3. The first kappa shape index (κ1) is 20.1. The van der Waals surface area contributed by atoms with Gasteiger partial charge in [-0.2, -0.15) is 4.31 Å². The number of fused-ring (bicyclic) bond motifs is 4. The molecular weight excluding hydrogens is 450 g/mol. The Labute approximate surface area is 189 Å². The number of sulfonamides is 1. The Bertz CT molecular complexity index is 1600. The van der Waals surface area contributed by atoms with Gasteiger partial charge in [0.25, 0.3) is 0 Å². The van der Waals surface area contributed by atoms with Gasteiger partial charge in [0.15, 0.2) is 5.58 Å². The quantitative estimate of drug-likeness (QED) is 0.440. The SMILES string of the molecule is Cc1ccc2c(c1)c1c3n2CCN(S(=O)(=O)c2cc4oc(=O)n(C)c4cc2Cl)C3CCC1. The van der Waals surface area contributed by atoms with Crippen LogP contribution in [0.25, 0.3) is 22.0 Å². The summed E-state index contributed by atoms with van der Waals surface area (Å²) in [4.78, 5) is 11.9. The van der Waals surface area contributed by atoms with Crippen LogP contribution in [0.5, 0.6) is 0 Å². The van der Waals surface area contributed by atoms with Gasteiger partial charge in [-0.05, 0) is 49.9 Å². The van der Waals surface area contributed by atoms with Gasteiger partial charge in [0.2, 0.25) is 10.0 Å². The van der Waals surface area contributed by atoms with E-state index in [9.17, 15) is 13.2 Å². The molecule has 1 aliphatic heterocycles. The summed E-state index contributed by atoms with van der Waals surface area (Å²) in [6.45, 7) is 3.04. The molecule has 4 aromatic rings. The first-order valence-electron chi connectivity index (χ1n) is 10.7. The molecule has 2 aromatic carbocycles. The van der Waals surface area contributed by atoms with Crippen LogP contribution < -0.4 is 5.76 Å². The third-order valence-electron chi connectivity index (χ3n) is 6.91. The summed E-state index contributed by atoms with van der Waals surface area (Å²) in [6.07, 6.45) is 2.65. The maximum atomic E-state index is 13.8. The van der Waals surface area contributed by atoms with E-state index in [0.29, 0.717) is 18.6 Å². The molecule has 0 radical (unpaired) electrons. The number of hydrogen-bond acceptors (Lipinski definition) is 4. The molecule has 0 saturated carbocycles. The highest BCUT2D eigenvalue weighted by Crippen LogP contribution is 2.45. The predicted octanol–water partition coefficient (Wildman–Crippen LogP) is 4.13. The molecule has 0 N–H and O–H groups in total. The minimum atomic E-state index is -3.90. The Morgan fingerprint density at radius 2 is 1.94 bits per heavy atom. The number of benzene rings is 2. The number of nitrogens with zero attached hydrogens (tertiary/aromatic N) is 3. The molecule has 2 aliphatic rings. The van der Waals surface area contributed by atoms with Crippen molar-refractivity contribution in [3.63, 3.8) is 0 Å². The van der Waals surface area contributed by atoms with Gasteiger partial charge < -0.3 is 8.98 Å². The van der Waals surface area contributed by atoms with Crippen molar-refractivity contribution in [1.82, 2.24) is 13.4 Å². The first-order valence-corrected chi connectivity index (χ1v) is 12.5. The molecule has 1 unspecified atom stereocenters. The lowest BCUT2D eigenvalue weighted by molar-refractivity contribution is 0.243. The number of hydrogen-bond donors (Lipinski definition) is 0. The van der Waals surface area contributed by atoms with Crippen molar-refractivity contribution >= 4 is 43.6 Å². The standard InChI is InChI=1S/C23H22ClN3O4S/c1-13-6-7-17-15(10-13)14-4-3-5-18-22(14)26(17)8-9-27(18)32(29,30)21-12-20-19(11-16(21)24)25(2)23(28)31-20/h6-7,10-12,18H,3-5,8-9H2,1-2H3. The second-order valence-corrected chi connectivity index (χ2v) is 11.0. The average molecular weight is 472 g/mol. The molecule has 1 atom stereocenters. The van der Waals surface area contributed by atoms with Gasteiger partial charge in [-0.3, -0.25) is 4.57 Å². The zero-order valence-electron chi connectivity index (χ0n) is 17.8. The maximum Gasteiger partial charge on any atom is 0.419 e. The molecule has 32 heavy (non-hydrogen) atoms. The highest BCUT2D eigenvalue weighted by molar-refractivity contribution is 7.89. The Hall–Kier alpha value is -2.55. The van der Waals surface area contributed by atoms with E-state index in [0.717, 1.165) is 25.0 Å². The fourth-order valence-corrected chi connectivity index (χ4v) is 7.55. The Morgan fingerprint density at radius 1 is 1.12 bits per heavy atom. The first-order chi connectivity index (χ1) is 15.3. The van der Waals surface area contributed by atoms with Crippen LogP contribution in [-0.4, -0.2) is 28.4 Å². The van der Waals surface area contributed by atoms with E-state index < -0.39 is 15.8 Å². The molecule has 9 heteroatoms. The van der Waals surface area contributed by atoms with Crippen molar-refractivity contribution in [1.29, 1.82) is 0 Å². The van der Waals surface area contributed by atoms with E-state index in [4.69, 9.17) is 16.0 Å². The summed E-state index contributed by atoms with van der Waals surface area (Å²) in [7, 11) is -2.34. The van der Waals surface area contributed by atoms with Crippen molar-refractivity contribution in [2.24, 2.45) is 7.05 Å². The van der Waals surface area contributed by atoms with Crippen molar-refractivity contribution in [3.8, 4) is 0 Å². The fraction of sp³-hybridized carbons (Fsp3) is 0.348. The van der Waals surface area contributed by atoms with Crippen LogP contribution in [0.3, 0.4) is 0 Å². The molecule has 1 aliphatic carbocycles. The van der Waals surface area contributed by atoms with E-state index in [1.165, 1.54) is 38.7 Å². The Kier molecular flexibility index (Phi) is 4.22. The van der Waals surface area contributed by atoms with Gasteiger partial charge in [-0.25, -0.2) is 13.2 Å². The van der Waals surface area contributed by atoms with Crippen molar-refractivity contribution in [2.75, 3.05) is 6.54 Å². The zero-order chi connectivity index (χ0) is 22.4. The summed E-state index contributed by atoms with van der Waals surface area (Å²) >= 11 is 6.44. The second-order valence-electron chi connectivity index (χ2n) is 8.74. The second kappa shape index (κ2) is 6.73. The van der Waals surface area contributed by atoms with Crippen molar-refractivity contribution in [3.05, 3.63) is 62.7 Å². The van der Waals surface area contributed by atoms with Crippen LogP contribution in [0, 0.1) is 6.92 Å². The van der Waals surface area contributed by atoms with E-state index in [2.05, 4.69) is 29.7 Å². The third-order valence-corrected chi connectivity index (χ3v) is 9.28. The minimum Gasteiger partial charge on any atom is -0.408 e. The topological polar surface area (TPSA) is 77.5 Å². The van der Waals surface area contributed by atoms with Gasteiger partial charge in [0, 0.05) is 42.8 Å². The molecule has 0 amide bonds. The maximum absolute atomic E-state index is 13.8. The monoisotopic (exact) mass is 471 g/mol. The van der Waals surface area contributed by atoms with E-state index in [-0.39, 0.29) is 21.5 Å². The van der Waals surface area contributed by atoms with Crippen LogP contribution in [0.2, 0.25) is 5.02 Å². The zero-order valence-corrected chi connectivity index (χ0v) is 19.3. The molecule has 0 saturated heterocycles. The van der Waals surface area contributed by atoms with Crippen LogP contribution >= 0.6 is 11.6 Å². The number of rotatable bonds is 2. The largest absolute Gasteiger partial charge is 0.419 e. The van der Waals surface area contributed by atoms with Crippen LogP contribution in [0.4, 0.5) is 0 Å². The molecular formula is C23H22ClN3O4S. The molecule has 0 spiro atoms. The Morgan fingerprint density at radius 3 is 2.75 bits per heavy atom. The van der Waals surface area contributed by atoms with Gasteiger partial charge >= 0.3 is 5.76 Å². The van der Waals surface area contributed by atoms with Gasteiger partial charge in [0.05, 0.1) is 16.6 Å². The Balaban J connectivity index is 1.52. The van der Waals surface area contributed by atoms with Gasteiger partial charge in [0.1, 0.15) is 4.90 Å². The normalized spacial score (nSPS) is 19.0. The van der Waals surface area contributed by atoms with E-state index in [1.807, 2.05) is 0 Å². The lowest BCUT2D eigenvalue weighted by Crippen LogP contribution is -2.43. The number of halogens is 1. The van der Waals surface area contributed by atoms with Crippen LogP contribution in [0.15, 0.2) is 44.4 Å². The van der Waals surface area contributed by atoms with Crippen molar-refractivity contribution < 1.29 is 12.8 Å². The van der Waals surface area contributed by atoms with E-state index >= 15 is 0 Å². The smallest absolute Gasteiger partial charge is 0.408 e. The van der Waals surface area contributed by atoms with E-state index in [1.54, 1.807) is 11.4 Å². The lowest BCUT2D eigenvalue weighted by Gasteiger charge is -2.39. The van der Waals surface area contributed by atoms with Gasteiger partial charge in [-0.1, -0.05) is 23.2 Å². The highest BCUT2D eigenvalue weighted by Gasteiger charge is 2.41. The average Bonchev–Trinajstić information content (AvgIpc) is 3.23. The van der Waals surface area contributed by atoms with Gasteiger partial charge in [-0.15, -0.1) is 0 Å². The predicted molar refractivity (Wildman–Crippen MR) is 123 cm³/mol. The number of oxazole rings is 1. The summed E-state index contributed by atoms with van der Waals surface area (Å²) in [5, 5.41) is 1.32. The highest BCUT2D eigenvalue weighted by atomic mass is 35.5. The van der Waals surface area contributed by atoms with Crippen LogP contribution in [-0.2, 0) is 30.0 Å². The molecule has 6 rings (SSSR count). The van der Waals surface area contributed by atoms with Crippen molar-refractivity contribution in [2.45, 2.75) is 43.7 Å². The molecule has 166 valence electrons. The number of aromatic nitrogens is 2. The molecule has 7 nitrogen and oxygen atoms in total. The molecule has 0 fully saturated rings. The summed E-state index contributed by atoms with van der Waals surface area (Å²) in [5.74, 6) is -0.555. The fourth-order valence-electron chi connectivity index (χ4n) is 5.43. The molecule has 2 aromatic heterocycles. The van der Waals surface area contributed by atoms with Crippen LogP contribution in [0.1, 0.15) is 35.7 Å². The molecule has 0 bridgehead atoms. The lowest BCUT2D eigenvalue weighted by atomic mass is 9.90. The minimum absolute atomic E-state index is 0.0199. The summed E-state index contributed by atoms with van der Waals surface area (Å²) < 4.78 is 38.1.